The second-order valence-corrected chi connectivity index (χ2v) is 7.90. The van der Waals surface area contributed by atoms with Crippen LogP contribution in [0.1, 0.15) is 44.9 Å². The number of carbonyl (C=O) groups is 1. The molecule has 1 atom stereocenters. The lowest BCUT2D eigenvalue weighted by molar-refractivity contribution is -0.135. The van der Waals surface area contributed by atoms with E-state index in [-0.39, 0.29) is 41.8 Å². The molecular formula is C22H34FIN4O2. The third-order valence-corrected chi connectivity index (χ3v) is 5.71. The molecule has 6 nitrogen and oxygen atoms in total. The maximum absolute atomic E-state index is 12.9. The van der Waals surface area contributed by atoms with Crippen LogP contribution < -0.4 is 15.4 Å². The number of benzene rings is 1. The Morgan fingerprint density at radius 2 is 1.93 bits per heavy atom. The SMILES string of the molecule is CN=C(NCCCOc1ccc(F)cc1)NC1CCN(C(=O)C2CCCCC2)C1.I. The minimum absolute atomic E-state index is 0. The lowest BCUT2D eigenvalue weighted by Crippen LogP contribution is -2.46. The first-order valence-corrected chi connectivity index (χ1v) is 10.8. The van der Waals surface area contributed by atoms with E-state index in [1.165, 1.54) is 31.4 Å². The maximum atomic E-state index is 12.9. The summed E-state index contributed by atoms with van der Waals surface area (Å²) in [4.78, 5) is 19.0. The van der Waals surface area contributed by atoms with Crippen LogP contribution in [0.3, 0.4) is 0 Å². The fourth-order valence-electron chi connectivity index (χ4n) is 4.07. The quantitative estimate of drug-likeness (QED) is 0.244. The van der Waals surface area contributed by atoms with Gasteiger partial charge in [-0.25, -0.2) is 4.39 Å². The Morgan fingerprint density at radius 3 is 2.63 bits per heavy atom. The number of nitrogens with one attached hydrogen (secondary N) is 2. The first kappa shape index (κ1) is 24.7. The second-order valence-electron chi connectivity index (χ2n) is 7.90. The smallest absolute Gasteiger partial charge is 0.225 e. The molecule has 30 heavy (non-hydrogen) atoms. The summed E-state index contributed by atoms with van der Waals surface area (Å²) in [5, 5.41) is 6.73. The zero-order chi connectivity index (χ0) is 20.5. The fraction of sp³-hybridized carbons (Fsp3) is 0.636. The van der Waals surface area contributed by atoms with Crippen molar-refractivity contribution in [3.8, 4) is 5.75 Å². The van der Waals surface area contributed by atoms with E-state index in [4.69, 9.17) is 4.74 Å². The number of rotatable bonds is 7. The molecule has 1 aromatic carbocycles. The lowest BCUT2D eigenvalue weighted by Gasteiger charge is -2.26. The van der Waals surface area contributed by atoms with E-state index in [1.54, 1.807) is 19.2 Å². The number of nitrogens with zero attached hydrogens (tertiary/aromatic N) is 2. The Kier molecular flexibility index (Phi) is 10.7. The third-order valence-electron chi connectivity index (χ3n) is 5.71. The molecular weight excluding hydrogens is 498 g/mol. The van der Waals surface area contributed by atoms with Gasteiger partial charge in [-0.15, -0.1) is 24.0 Å². The van der Waals surface area contributed by atoms with E-state index in [1.807, 2.05) is 4.90 Å². The predicted molar refractivity (Wildman–Crippen MR) is 128 cm³/mol. The van der Waals surface area contributed by atoms with Crippen LogP contribution in [0.4, 0.5) is 4.39 Å². The molecule has 1 heterocycles. The van der Waals surface area contributed by atoms with Gasteiger partial charge in [0.15, 0.2) is 5.96 Å². The van der Waals surface area contributed by atoms with Crippen molar-refractivity contribution in [1.29, 1.82) is 0 Å². The molecule has 0 aromatic heterocycles. The molecule has 1 aliphatic heterocycles. The van der Waals surface area contributed by atoms with Gasteiger partial charge in [0, 0.05) is 38.6 Å². The van der Waals surface area contributed by atoms with Crippen molar-refractivity contribution in [1.82, 2.24) is 15.5 Å². The van der Waals surface area contributed by atoms with E-state index in [0.29, 0.717) is 18.3 Å². The van der Waals surface area contributed by atoms with Crippen LogP contribution in [0, 0.1) is 11.7 Å². The van der Waals surface area contributed by atoms with Crippen molar-refractivity contribution in [2.75, 3.05) is 33.3 Å². The van der Waals surface area contributed by atoms with Gasteiger partial charge in [-0.1, -0.05) is 19.3 Å². The second kappa shape index (κ2) is 13.0. The monoisotopic (exact) mass is 532 g/mol. The number of halogens is 2. The van der Waals surface area contributed by atoms with Gasteiger partial charge in [0.1, 0.15) is 11.6 Å². The van der Waals surface area contributed by atoms with Crippen LogP contribution in [0.2, 0.25) is 0 Å². The van der Waals surface area contributed by atoms with Gasteiger partial charge in [-0.3, -0.25) is 9.79 Å². The predicted octanol–water partition coefficient (Wildman–Crippen LogP) is 3.56. The van der Waals surface area contributed by atoms with Crippen LogP contribution in [-0.4, -0.2) is 56.1 Å². The molecule has 2 fully saturated rings. The molecule has 0 spiro atoms. The molecule has 1 aliphatic carbocycles. The van der Waals surface area contributed by atoms with Gasteiger partial charge in [-0.05, 0) is 49.9 Å². The van der Waals surface area contributed by atoms with Crippen LogP contribution in [-0.2, 0) is 4.79 Å². The standard InChI is InChI=1S/C22H33FN4O2.HI/c1-24-22(25-13-5-15-29-20-10-8-18(23)9-11-20)26-19-12-14-27(16-19)21(28)17-6-3-2-4-7-17;/h8-11,17,19H,2-7,12-16H2,1H3,(H2,24,25,26);1H. The molecule has 1 aromatic rings. The summed E-state index contributed by atoms with van der Waals surface area (Å²) in [5.41, 5.74) is 0. The number of ether oxygens (including phenoxy) is 1. The van der Waals surface area contributed by atoms with Crippen molar-refractivity contribution in [2.24, 2.45) is 10.9 Å². The average molecular weight is 532 g/mol. The molecule has 8 heteroatoms. The Balaban J connectivity index is 0.00000320. The van der Waals surface area contributed by atoms with Gasteiger partial charge in [0.2, 0.25) is 5.91 Å². The molecule has 3 rings (SSSR count). The summed E-state index contributed by atoms with van der Waals surface area (Å²) in [7, 11) is 1.75. The van der Waals surface area contributed by atoms with Gasteiger partial charge in [0.25, 0.3) is 0 Å². The highest BCUT2D eigenvalue weighted by Crippen LogP contribution is 2.26. The van der Waals surface area contributed by atoms with Crippen LogP contribution in [0.5, 0.6) is 5.75 Å². The Hall–Kier alpha value is -1.58. The van der Waals surface area contributed by atoms with Crippen LogP contribution in [0.15, 0.2) is 29.3 Å². The van der Waals surface area contributed by atoms with E-state index in [0.717, 1.165) is 51.3 Å². The van der Waals surface area contributed by atoms with Gasteiger partial charge < -0.3 is 20.3 Å². The molecule has 1 amide bonds. The summed E-state index contributed by atoms with van der Waals surface area (Å²) in [6, 6.07) is 6.28. The topological polar surface area (TPSA) is 66.0 Å². The van der Waals surface area contributed by atoms with E-state index >= 15 is 0 Å². The number of hydrogen-bond donors (Lipinski definition) is 2. The highest BCUT2D eigenvalue weighted by molar-refractivity contribution is 14.0. The minimum Gasteiger partial charge on any atom is -0.494 e. The Morgan fingerprint density at radius 1 is 1.20 bits per heavy atom. The summed E-state index contributed by atoms with van der Waals surface area (Å²) in [6.07, 6.45) is 7.50. The summed E-state index contributed by atoms with van der Waals surface area (Å²) < 4.78 is 18.5. The number of carbonyl (C=O) groups excluding carboxylic acids is 1. The normalized spacial score (nSPS) is 19.9. The van der Waals surface area contributed by atoms with Crippen molar-refractivity contribution in [2.45, 2.75) is 51.0 Å². The molecule has 0 bridgehead atoms. The Bertz CT molecular complexity index is 680. The maximum Gasteiger partial charge on any atom is 0.225 e. The lowest BCUT2D eigenvalue weighted by atomic mass is 9.88. The number of hydrogen-bond acceptors (Lipinski definition) is 3. The molecule has 2 aliphatic rings. The first-order chi connectivity index (χ1) is 14.2. The summed E-state index contributed by atoms with van der Waals surface area (Å²) in [5.74, 6) is 1.74. The zero-order valence-corrected chi connectivity index (χ0v) is 20.1. The largest absolute Gasteiger partial charge is 0.494 e. The van der Waals surface area contributed by atoms with E-state index in [2.05, 4.69) is 15.6 Å². The molecule has 1 saturated heterocycles. The van der Waals surface area contributed by atoms with Crippen LogP contribution >= 0.6 is 24.0 Å². The zero-order valence-electron chi connectivity index (χ0n) is 17.7. The van der Waals surface area contributed by atoms with Crippen molar-refractivity contribution >= 4 is 35.8 Å². The first-order valence-electron chi connectivity index (χ1n) is 10.8. The molecule has 0 radical (unpaired) electrons. The van der Waals surface area contributed by atoms with Crippen molar-refractivity contribution < 1.29 is 13.9 Å². The fourth-order valence-corrected chi connectivity index (χ4v) is 4.07. The number of guanidine groups is 1. The minimum atomic E-state index is -0.264. The van der Waals surface area contributed by atoms with Crippen molar-refractivity contribution in [3.63, 3.8) is 0 Å². The average Bonchev–Trinajstić information content (AvgIpc) is 3.22. The van der Waals surface area contributed by atoms with Crippen molar-refractivity contribution in [3.05, 3.63) is 30.1 Å². The highest BCUT2D eigenvalue weighted by atomic mass is 127. The van der Waals surface area contributed by atoms with E-state index in [9.17, 15) is 9.18 Å². The van der Waals surface area contributed by atoms with Crippen LogP contribution in [0.25, 0.3) is 0 Å². The van der Waals surface area contributed by atoms with Gasteiger partial charge in [0.05, 0.1) is 6.61 Å². The molecule has 168 valence electrons. The molecule has 1 unspecified atom stereocenters. The highest BCUT2D eigenvalue weighted by Gasteiger charge is 2.31. The summed E-state index contributed by atoms with van der Waals surface area (Å²) in [6.45, 7) is 2.85. The van der Waals surface area contributed by atoms with Gasteiger partial charge >= 0.3 is 0 Å². The number of likely N-dealkylation sites (tertiary alicyclic amines) is 1. The molecule has 1 saturated carbocycles. The van der Waals surface area contributed by atoms with E-state index < -0.39 is 0 Å². The number of aliphatic imine (C=N–C) groups is 1. The number of amides is 1. The van der Waals surface area contributed by atoms with Gasteiger partial charge in [-0.2, -0.15) is 0 Å². The third kappa shape index (κ3) is 7.59. The molecule has 2 N–H and O–H groups in total. The summed E-state index contributed by atoms with van der Waals surface area (Å²) >= 11 is 0. The Labute approximate surface area is 196 Å².